The molecule has 1 aromatic heterocycles. The number of nitrogens with one attached hydrogen (secondary N) is 2. The summed E-state index contributed by atoms with van der Waals surface area (Å²) in [7, 11) is 0. The van der Waals surface area contributed by atoms with Crippen LogP contribution in [0.15, 0.2) is 42.0 Å². The van der Waals surface area contributed by atoms with Gasteiger partial charge >= 0.3 is 5.91 Å². The van der Waals surface area contributed by atoms with Crippen LogP contribution in [0.25, 0.3) is 0 Å². The van der Waals surface area contributed by atoms with E-state index in [1.54, 1.807) is 18.2 Å². The average Bonchev–Trinajstić information content (AvgIpc) is 2.62. The summed E-state index contributed by atoms with van der Waals surface area (Å²) in [6, 6.07) is 7.19. The number of amides is 1. The lowest BCUT2D eigenvalue weighted by Gasteiger charge is -2.06. The molecule has 2 rings (SSSR count). The van der Waals surface area contributed by atoms with E-state index in [4.69, 9.17) is 45.3 Å². The number of para-hydroxylation sites is 1. The van der Waals surface area contributed by atoms with Crippen molar-refractivity contribution in [1.29, 1.82) is 0 Å². The van der Waals surface area contributed by atoms with Gasteiger partial charge in [-0.1, -0.05) is 48.0 Å². The molecule has 0 unspecified atom stereocenters. The van der Waals surface area contributed by atoms with E-state index >= 15 is 0 Å². The molecule has 25 heavy (non-hydrogen) atoms. The molecular formula is C16H14Cl3N4O2+. The molecule has 6 nitrogen and oxygen atoms in total. The van der Waals surface area contributed by atoms with Gasteiger partial charge in [0, 0.05) is 5.56 Å². The highest BCUT2D eigenvalue weighted by molar-refractivity contribution is 6.45. The molecule has 1 amide bonds. The Morgan fingerprint density at radius 2 is 2.04 bits per heavy atom. The van der Waals surface area contributed by atoms with Gasteiger partial charge in [0.15, 0.2) is 0 Å². The highest BCUT2D eigenvalue weighted by Gasteiger charge is 2.25. The van der Waals surface area contributed by atoms with Crippen molar-refractivity contribution >= 4 is 52.6 Å². The van der Waals surface area contributed by atoms with Crippen molar-refractivity contribution in [3.05, 3.63) is 63.4 Å². The van der Waals surface area contributed by atoms with Crippen LogP contribution >= 0.6 is 34.8 Å². The van der Waals surface area contributed by atoms with Gasteiger partial charge in [-0.15, -0.1) is 0 Å². The molecule has 0 bridgehead atoms. The van der Waals surface area contributed by atoms with Gasteiger partial charge in [-0.2, -0.15) is 10.1 Å². The van der Waals surface area contributed by atoms with Crippen molar-refractivity contribution in [2.24, 2.45) is 5.10 Å². The second kappa shape index (κ2) is 8.71. The first kappa shape index (κ1) is 19.1. The Labute approximate surface area is 159 Å². The van der Waals surface area contributed by atoms with Gasteiger partial charge in [-0.05, 0) is 23.7 Å². The summed E-state index contributed by atoms with van der Waals surface area (Å²) in [6.45, 7) is 3.94. The van der Waals surface area contributed by atoms with E-state index in [0.717, 1.165) is 0 Å². The van der Waals surface area contributed by atoms with E-state index < -0.39 is 5.91 Å². The van der Waals surface area contributed by atoms with Gasteiger partial charge in [0.05, 0.1) is 11.9 Å². The number of H-pyrrole nitrogens is 1. The van der Waals surface area contributed by atoms with Crippen molar-refractivity contribution in [2.45, 2.75) is 0 Å². The number of nitrogens with two attached hydrogens (primary N) is 1. The Kier molecular flexibility index (Phi) is 6.64. The predicted molar refractivity (Wildman–Crippen MR) is 99.6 cm³/mol. The average molecular weight is 401 g/mol. The Bertz CT molecular complexity index is 840. The van der Waals surface area contributed by atoms with E-state index in [0.29, 0.717) is 17.9 Å². The van der Waals surface area contributed by atoms with Gasteiger partial charge in [-0.25, -0.2) is 5.43 Å². The molecule has 1 heterocycles. The Morgan fingerprint density at radius 1 is 1.32 bits per heavy atom. The number of aromatic nitrogens is 1. The topological polar surface area (TPSA) is 90.8 Å². The predicted octanol–water partition coefficient (Wildman–Crippen LogP) is 3.37. The van der Waals surface area contributed by atoms with Crippen molar-refractivity contribution < 1.29 is 14.5 Å². The van der Waals surface area contributed by atoms with E-state index in [1.165, 1.54) is 6.21 Å². The summed E-state index contributed by atoms with van der Waals surface area (Å²) in [5.41, 5.74) is 8.65. The van der Waals surface area contributed by atoms with Gasteiger partial charge in [0.25, 0.3) is 10.8 Å². The van der Waals surface area contributed by atoms with Crippen LogP contribution in [0.5, 0.6) is 5.75 Å². The Balaban J connectivity index is 2.16. The molecule has 0 fully saturated rings. The fraction of sp³-hybridized carbons (Fsp3) is 0.0625. The van der Waals surface area contributed by atoms with Crippen LogP contribution in [-0.4, -0.2) is 18.7 Å². The van der Waals surface area contributed by atoms with Crippen LogP contribution in [0.4, 0.5) is 5.69 Å². The maximum absolute atomic E-state index is 12.2. The van der Waals surface area contributed by atoms with Crippen molar-refractivity contribution in [3.63, 3.8) is 0 Å². The van der Waals surface area contributed by atoms with Gasteiger partial charge < -0.3 is 10.5 Å². The molecule has 9 heteroatoms. The molecule has 0 radical (unpaired) electrons. The Morgan fingerprint density at radius 3 is 2.76 bits per heavy atom. The molecule has 1 aromatic carbocycles. The number of carbonyl (C=O) groups excluding carboxylic acids is 1. The van der Waals surface area contributed by atoms with Crippen LogP contribution in [0, 0.1) is 0 Å². The van der Waals surface area contributed by atoms with Crippen LogP contribution in [0.2, 0.25) is 15.2 Å². The highest BCUT2D eigenvalue weighted by atomic mass is 35.5. The minimum absolute atomic E-state index is 0.000803. The lowest BCUT2D eigenvalue weighted by atomic mass is 10.2. The number of pyridine rings is 1. The SMILES string of the molecule is C=CCOc1ccccc1/C=N\NC(=O)c1[nH+]c(Cl)c(Cl)c(N)c1Cl. The van der Waals surface area contributed by atoms with Gasteiger partial charge in [-0.3, -0.25) is 4.79 Å². The van der Waals surface area contributed by atoms with E-state index in [-0.39, 0.29) is 26.6 Å². The smallest absolute Gasteiger partial charge is 0.337 e. The van der Waals surface area contributed by atoms with Crippen molar-refractivity contribution in [2.75, 3.05) is 12.3 Å². The fourth-order valence-electron chi connectivity index (χ4n) is 1.81. The number of hydrogen-bond donors (Lipinski definition) is 2. The van der Waals surface area contributed by atoms with Gasteiger partial charge in [0.2, 0.25) is 0 Å². The second-order valence-electron chi connectivity index (χ2n) is 4.69. The number of hydrogen-bond acceptors (Lipinski definition) is 4. The summed E-state index contributed by atoms with van der Waals surface area (Å²) in [6.07, 6.45) is 3.06. The zero-order chi connectivity index (χ0) is 18.4. The quantitative estimate of drug-likeness (QED) is 0.337. The number of anilines is 1. The number of ether oxygens (including phenoxy) is 1. The minimum Gasteiger partial charge on any atom is -0.489 e. The minimum atomic E-state index is -0.629. The lowest BCUT2D eigenvalue weighted by molar-refractivity contribution is -0.379. The number of benzene rings is 1. The van der Waals surface area contributed by atoms with Crippen molar-refractivity contribution in [1.82, 2.24) is 5.43 Å². The van der Waals surface area contributed by atoms with E-state index in [1.807, 2.05) is 12.1 Å². The van der Waals surface area contributed by atoms with E-state index in [2.05, 4.69) is 22.1 Å². The number of halogens is 3. The summed E-state index contributed by atoms with van der Waals surface area (Å²) < 4.78 is 5.49. The third-order valence-electron chi connectivity index (χ3n) is 2.99. The number of nitrogen functional groups attached to an aromatic ring is 1. The molecule has 4 N–H and O–H groups in total. The monoisotopic (exact) mass is 399 g/mol. The first-order valence-electron chi connectivity index (χ1n) is 6.97. The number of nitrogens with zero attached hydrogens (tertiary/aromatic N) is 1. The lowest BCUT2D eigenvalue weighted by Crippen LogP contribution is -2.28. The number of hydrazone groups is 1. The molecule has 2 aromatic rings. The van der Waals surface area contributed by atoms with Gasteiger partial charge in [0.1, 0.15) is 22.4 Å². The zero-order valence-electron chi connectivity index (χ0n) is 12.9. The normalized spacial score (nSPS) is 10.7. The molecule has 0 saturated heterocycles. The van der Waals surface area contributed by atoms with Crippen LogP contribution in [0.3, 0.4) is 0 Å². The molecule has 0 aliphatic carbocycles. The first-order chi connectivity index (χ1) is 12.0. The fourth-order valence-corrected chi connectivity index (χ4v) is 2.42. The summed E-state index contributed by atoms with van der Waals surface area (Å²) in [5.74, 6) is -0.0280. The molecule has 0 spiro atoms. The van der Waals surface area contributed by atoms with Crippen molar-refractivity contribution in [3.8, 4) is 5.75 Å². The maximum Gasteiger partial charge on any atom is 0.337 e. The summed E-state index contributed by atoms with van der Waals surface area (Å²) >= 11 is 17.7. The zero-order valence-corrected chi connectivity index (χ0v) is 15.1. The molecule has 0 aliphatic heterocycles. The number of rotatable bonds is 6. The standard InChI is InChI=1S/C16H13Cl3N4O2/c1-2-7-25-10-6-4-3-5-9(10)8-21-23-16(24)14-11(17)13(20)12(18)15(19)22-14/h2-6,8H,1,7H2,(H2,20,22)(H,23,24)/p+1/b21-8-. The third-order valence-corrected chi connectivity index (χ3v) is 4.16. The van der Waals surface area contributed by atoms with Crippen LogP contribution < -0.4 is 20.9 Å². The Hall–Kier alpha value is -2.28. The largest absolute Gasteiger partial charge is 0.489 e. The van der Waals surface area contributed by atoms with Crippen LogP contribution in [0.1, 0.15) is 16.1 Å². The summed E-state index contributed by atoms with van der Waals surface area (Å²) in [4.78, 5) is 14.8. The number of aromatic amines is 1. The third kappa shape index (κ3) is 4.63. The maximum atomic E-state index is 12.2. The molecular weight excluding hydrogens is 387 g/mol. The van der Waals surface area contributed by atoms with Crippen LogP contribution in [-0.2, 0) is 0 Å². The first-order valence-corrected chi connectivity index (χ1v) is 8.10. The second-order valence-corrected chi connectivity index (χ2v) is 5.83. The molecule has 0 saturated carbocycles. The molecule has 0 atom stereocenters. The summed E-state index contributed by atoms with van der Waals surface area (Å²) in [5, 5.41) is 3.88. The molecule has 130 valence electrons. The number of carbonyl (C=O) groups is 1. The molecule has 0 aliphatic rings. The van der Waals surface area contributed by atoms with E-state index in [9.17, 15) is 4.79 Å². The highest BCUT2D eigenvalue weighted by Crippen LogP contribution is 2.31.